The largest absolute Gasteiger partial charge is 0.662 e. The van der Waals surface area contributed by atoms with Crippen molar-refractivity contribution in [1.82, 2.24) is 0 Å². The van der Waals surface area contributed by atoms with Gasteiger partial charge in [0.25, 0.3) is 0 Å². The molecule has 0 aliphatic heterocycles. The van der Waals surface area contributed by atoms with Crippen LogP contribution in [0.1, 0.15) is 19.8 Å². The van der Waals surface area contributed by atoms with E-state index in [1.54, 1.807) is 0 Å². The summed E-state index contributed by atoms with van der Waals surface area (Å²) in [5, 5.41) is 4.15. The summed E-state index contributed by atoms with van der Waals surface area (Å²) in [5.74, 6) is 0.949. The van der Waals surface area contributed by atoms with E-state index in [2.05, 4.69) is 12.2 Å². The number of nitrogens with zero attached hydrogens (tertiary/aromatic N) is 1. The summed E-state index contributed by atoms with van der Waals surface area (Å²) < 4.78 is 0. The van der Waals surface area contributed by atoms with Gasteiger partial charge in [-0.25, -0.2) is 0 Å². The number of hydrogen-bond acceptors (Lipinski definition) is 0. The molecule has 1 rings (SSSR count). The van der Waals surface area contributed by atoms with E-state index in [-0.39, 0.29) is 0 Å². The van der Waals surface area contributed by atoms with E-state index in [9.17, 15) is 0 Å². The van der Waals surface area contributed by atoms with Crippen molar-refractivity contribution in [1.29, 1.82) is 0 Å². The van der Waals surface area contributed by atoms with Crippen molar-refractivity contribution in [3.05, 3.63) is 5.32 Å². The molecule has 0 radical (unpaired) electrons. The summed E-state index contributed by atoms with van der Waals surface area (Å²) in [4.78, 5) is 0. The molecule has 0 aromatic heterocycles. The summed E-state index contributed by atoms with van der Waals surface area (Å²) in [6, 6.07) is 0.639. The molecule has 42 valence electrons. The predicted octanol–water partition coefficient (Wildman–Crippen LogP) is 1.79. The summed E-state index contributed by atoms with van der Waals surface area (Å²) in [6.45, 7) is 2.19. The fourth-order valence-electron chi connectivity index (χ4n) is 0.789. The van der Waals surface area contributed by atoms with Crippen LogP contribution in [-0.4, -0.2) is 13.1 Å². The van der Waals surface area contributed by atoms with Gasteiger partial charge in [-0.05, 0) is 0 Å². The van der Waals surface area contributed by atoms with Crippen molar-refractivity contribution in [2.45, 2.75) is 25.8 Å². The lowest BCUT2D eigenvalue weighted by molar-refractivity contribution is 0.713. The highest BCUT2D eigenvalue weighted by atomic mass is 14.9. The molecule has 1 heteroatoms. The zero-order chi connectivity index (χ0) is 5.28. The van der Waals surface area contributed by atoms with Crippen LogP contribution in [0, 0.1) is 5.92 Å². The second-order valence-corrected chi connectivity index (χ2v) is 2.34. The molecule has 0 unspecified atom stereocenters. The van der Waals surface area contributed by atoms with Crippen molar-refractivity contribution in [2.75, 3.05) is 7.05 Å². The second-order valence-electron chi connectivity index (χ2n) is 2.34. The van der Waals surface area contributed by atoms with Gasteiger partial charge in [-0.15, -0.1) is 6.04 Å². The van der Waals surface area contributed by atoms with Gasteiger partial charge in [-0.2, -0.15) is 7.05 Å². The molecule has 0 amide bonds. The maximum absolute atomic E-state index is 4.15. The standard InChI is InChI=1S/C6H12N/c1-5(7-2)6-3-4-6/h5-6H,3-4H2,1-2H3/q-1/t5-/m1/s1. The van der Waals surface area contributed by atoms with E-state index < -0.39 is 0 Å². The maximum atomic E-state index is 4.15. The molecule has 1 aliphatic rings. The molecule has 0 heterocycles. The Balaban J connectivity index is 2.10. The van der Waals surface area contributed by atoms with Crippen molar-refractivity contribution >= 4 is 0 Å². The quantitative estimate of drug-likeness (QED) is 0.500. The average Bonchev–Trinajstić information content (AvgIpc) is 2.44. The minimum atomic E-state index is 0.639. The van der Waals surface area contributed by atoms with Crippen LogP contribution < -0.4 is 0 Å². The molecular weight excluding hydrogens is 86.1 g/mol. The Hall–Kier alpha value is -0.0400. The molecule has 1 fully saturated rings. The van der Waals surface area contributed by atoms with Crippen LogP contribution in [0.5, 0.6) is 0 Å². The highest BCUT2D eigenvalue weighted by Gasteiger charge is 2.21. The zero-order valence-electron chi connectivity index (χ0n) is 5.02. The summed E-state index contributed by atoms with van der Waals surface area (Å²) >= 11 is 0. The summed E-state index contributed by atoms with van der Waals surface area (Å²) in [5.41, 5.74) is 0. The van der Waals surface area contributed by atoms with Crippen LogP contribution in [0.3, 0.4) is 0 Å². The minimum absolute atomic E-state index is 0.639. The first-order chi connectivity index (χ1) is 3.34. The van der Waals surface area contributed by atoms with Crippen molar-refractivity contribution in [3.8, 4) is 0 Å². The zero-order valence-corrected chi connectivity index (χ0v) is 5.02. The van der Waals surface area contributed by atoms with Crippen molar-refractivity contribution < 1.29 is 0 Å². The predicted molar refractivity (Wildman–Crippen MR) is 31.5 cm³/mol. The van der Waals surface area contributed by atoms with Crippen LogP contribution in [0.2, 0.25) is 0 Å². The van der Waals surface area contributed by atoms with Gasteiger partial charge >= 0.3 is 0 Å². The molecule has 0 spiro atoms. The third kappa shape index (κ3) is 1.16. The SMILES string of the molecule is C[N-][C@H](C)C1CC1. The minimum Gasteiger partial charge on any atom is -0.662 e. The fourth-order valence-corrected chi connectivity index (χ4v) is 0.789. The molecule has 7 heavy (non-hydrogen) atoms. The van der Waals surface area contributed by atoms with Gasteiger partial charge in [0.15, 0.2) is 0 Å². The Morgan fingerprint density at radius 1 is 1.57 bits per heavy atom. The van der Waals surface area contributed by atoms with Crippen LogP contribution in [0.25, 0.3) is 5.32 Å². The molecule has 1 saturated carbocycles. The van der Waals surface area contributed by atoms with Gasteiger partial charge in [0.05, 0.1) is 0 Å². The monoisotopic (exact) mass is 98.1 g/mol. The van der Waals surface area contributed by atoms with E-state index in [0.717, 1.165) is 5.92 Å². The molecular formula is C6H12N-. The Kier molecular flexibility index (Phi) is 1.33. The molecule has 1 aliphatic carbocycles. The van der Waals surface area contributed by atoms with E-state index in [1.165, 1.54) is 12.8 Å². The highest BCUT2D eigenvalue weighted by molar-refractivity contribution is 4.94. The Labute approximate surface area is 45.1 Å². The molecule has 0 bridgehead atoms. The third-order valence-electron chi connectivity index (χ3n) is 1.71. The van der Waals surface area contributed by atoms with Crippen molar-refractivity contribution in [3.63, 3.8) is 0 Å². The molecule has 0 N–H and O–H groups in total. The van der Waals surface area contributed by atoms with Gasteiger partial charge in [-0.1, -0.05) is 25.7 Å². The van der Waals surface area contributed by atoms with Gasteiger partial charge in [0, 0.05) is 0 Å². The van der Waals surface area contributed by atoms with Crippen LogP contribution >= 0.6 is 0 Å². The topological polar surface area (TPSA) is 14.1 Å². The first kappa shape index (κ1) is 5.10. The normalized spacial score (nSPS) is 24.9. The molecule has 0 aromatic rings. The van der Waals surface area contributed by atoms with Gasteiger partial charge in [0.2, 0.25) is 0 Å². The first-order valence-corrected chi connectivity index (χ1v) is 2.93. The number of hydrogen-bond donors (Lipinski definition) is 0. The molecule has 1 nitrogen and oxygen atoms in total. The number of rotatable bonds is 2. The summed E-state index contributed by atoms with van der Waals surface area (Å²) in [7, 11) is 1.91. The van der Waals surface area contributed by atoms with E-state index in [0.29, 0.717) is 6.04 Å². The van der Waals surface area contributed by atoms with E-state index >= 15 is 0 Å². The Morgan fingerprint density at radius 2 is 2.14 bits per heavy atom. The Morgan fingerprint density at radius 3 is 2.29 bits per heavy atom. The molecule has 1 atom stereocenters. The smallest absolute Gasteiger partial charge is 0.0516 e. The second kappa shape index (κ2) is 1.83. The molecule has 0 aromatic carbocycles. The third-order valence-corrected chi connectivity index (χ3v) is 1.71. The average molecular weight is 98.2 g/mol. The lowest BCUT2D eigenvalue weighted by Gasteiger charge is -2.21. The van der Waals surface area contributed by atoms with Gasteiger partial charge < -0.3 is 5.32 Å². The summed E-state index contributed by atoms with van der Waals surface area (Å²) in [6.07, 6.45) is 2.83. The van der Waals surface area contributed by atoms with Crippen molar-refractivity contribution in [2.24, 2.45) is 5.92 Å². The highest BCUT2D eigenvalue weighted by Crippen LogP contribution is 2.34. The van der Waals surface area contributed by atoms with E-state index in [4.69, 9.17) is 0 Å². The van der Waals surface area contributed by atoms with E-state index in [1.807, 2.05) is 7.05 Å². The van der Waals surface area contributed by atoms with Gasteiger partial charge in [0.1, 0.15) is 0 Å². The first-order valence-electron chi connectivity index (χ1n) is 2.93. The maximum Gasteiger partial charge on any atom is -0.0516 e. The van der Waals surface area contributed by atoms with Crippen LogP contribution in [-0.2, 0) is 0 Å². The molecule has 0 saturated heterocycles. The van der Waals surface area contributed by atoms with Crippen LogP contribution in [0.4, 0.5) is 0 Å². The lowest BCUT2D eigenvalue weighted by Crippen LogP contribution is -1.99. The Bertz CT molecular complexity index is 57.2. The lowest BCUT2D eigenvalue weighted by atomic mass is 10.2. The van der Waals surface area contributed by atoms with Gasteiger partial charge in [-0.3, -0.25) is 0 Å². The van der Waals surface area contributed by atoms with Crippen LogP contribution in [0.15, 0.2) is 0 Å². The fraction of sp³-hybridized carbons (Fsp3) is 1.00.